The topological polar surface area (TPSA) is 66.8 Å². The molecule has 1 aromatic carbocycles. The van der Waals surface area contributed by atoms with Crippen LogP contribution < -0.4 is 4.90 Å². The fourth-order valence-corrected chi connectivity index (χ4v) is 3.20. The average molecular weight is 289 g/mol. The number of carbonyl (C=O) groups is 2. The molecule has 2 aliphatic rings. The first-order valence-electron chi connectivity index (χ1n) is 7.29. The summed E-state index contributed by atoms with van der Waals surface area (Å²) >= 11 is 0. The molecule has 112 valence electrons. The fourth-order valence-electron chi connectivity index (χ4n) is 3.20. The van der Waals surface area contributed by atoms with Crippen LogP contribution in [0.3, 0.4) is 0 Å². The van der Waals surface area contributed by atoms with Gasteiger partial charge in [-0.15, -0.1) is 0 Å². The zero-order valence-electron chi connectivity index (χ0n) is 12.0. The molecular weight excluding hydrogens is 270 g/mol. The van der Waals surface area contributed by atoms with Gasteiger partial charge in [-0.1, -0.05) is 17.7 Å². The molecule has 2 fully saturated rings. The molecule has 0 unspecified atom stereocenters. The molecule has 1 saturated heterocycles. The molecule has 21 heavy (non-hydrogen) atoms. The summed E-state index contributed by atoms with van der Waals surface area (Å²) in [5, 5.41) is 9.06. The molecule has 1 spiro atoms. The highest BCUT2D eigenvalue weighted by molar-refractivity contribution is 5.90. The van der Waals surface area contributed by atoms with Crippen molar-refractivity contribution in [3.05, 3.63) is 29.8 Å². The van der Waals surface area contributed by atoms with Gasteiger partial charge in [0.25, 0.3) is 0 Å². The third-order valence-electron chi connectivity index (χ3n) is 4.56. The Labute approximate surface area is 123 Å². The lowest BCUT2D eigenvalue weighted by atomic mass is 9.79. The van der Waals surface area contributed by atoms with Gasteiger partial charge >= 0.3 is 12.1 Å². The molecule has 5 heteroatoms. The standard InChI is InChI=1S/C16H19NO4/c1-11-2-4-13(5-3-11)17-10-16(21-15(17)20)8-6-12(7-9-16)14(18)19/h2-5,12H,6-10H2,1H3,(H,18,19). The predicted octanol–water partition coefficient (Wildman–Crippen LogP) is 2.97. The largest absolute Gasteiger partial charge is 0.481 e. The second kappa shape index (κ2) is 5.06. The number of carboxylic acids is 1. The molecule has 0 radical (unpaired) electrons. The van der Waals surface area contributed by atoms with Gasteiger partial charge in [0.05, 0.1) is 12.5 Å². The summed E-state index contributed by atoms with van der Waals surface area (Å²) in [6.07, 6.45) is 2.07. The van der Waals surface area contributed by atoms with E-state index in [1.807, 2.05) is 31.2 Å². The number of hydrogen-bond acceptors (Lipinski definition) is 3. The number of hydrogen-bond donors (Lipinski definition) is 1. The van der Waals surface area contributed by atoms with Gasteiger partial charge in [-0.3, -0.25) is 9.69 Å². The molecule has 1 aliphatic heterocycles. The highest BCUT2D eigenvalue weighted by Gasteiger charge is 2.48. The van der Waals surface area contributed by atoms with E-state index in [2.05, 4.69) is 0 Å². The number of rotatable bonds is 2. The van der Waals surface area contributed by atoms with Crippen molar-refractivity contribution in [2.24, 2.45) is 5.92 Å². The number of benzene rings is 1. The average Bonchev–Trinajstić information content (AvgIpc) is 2.77. The van der Waals surface area contributed by atoms with Crippen LogP contribution >= 0.6 is 0 Å². The monoisotopic (exact) mass is 289 g/mol. The molecule has 0 bridgehead atoms. The maximum Gasteiger partial charge on any atom is 0.415 e. The highest BCUT2D eigenvalue weighted by atomic mass is 16.6. The number of aryl methyl sites for hydroxylation is 1. The van der Waals surface area contributed by atoms with Crippen LogP contribution in [0, 0.1) is 12.8 Å². The second-order valence-electron chi connectivity index (χ2n) is 6.09. The number of nitrogens with zero attached hydrogens (tertiary/aromatic N) is 1. The van der Waals surface area contributed by atoms with Crippen molar-refractivity contribution in [1.82, 2.24) is 0 Å². The van der Waals surface area contributed by atoms with Crippen LogP contribution in [0.15, 0.2) is 24.3 Å². The SMILES string of the molecule is Cc1ccc(N2CC3(CCC(C(=O)O)CC3)OC2=O)cc1. The van der Waals surface area contributed by atoms with E-state index in [0.717, 1.165) is 11.3 Å². The van der Waals surface area contributed by atoms with Gasteiger partial charge in [0.1, 0.15) is 5.60 Å². The van der Waals surface area contributed by atoms with Crippen LogP contribution in [0.25, 0.3) is 0 Å². The van der Waals surface area contributed by atoms with E-state index < -0.39 is 11.6 Å². The Kier molecular flexibility index (Phi) is 3.35. The van der Waals surface area contributed by atoms with Crippen LogP contribution in [0.5, 0.6) is 0 Å². The zero-order chi connectivity index (χ0) is 15.0. The van der Waals surface area contributed by atoms with Crippen LogP contribution in [0.1, 0.15) is 31.2 Å². The first kappa shape index (κ1) is 13.9. The van der Waals surface area contributed by atoms with Gasteiger partial charge < -0.3 is 9.84 Å². The van der Waals surface area contributed by atoms with Crippen molar-refractivity contribution in [2.75, 3.05) is 11.4 Å². The Morgan fingerprint density at radius 3 is 2.48 bits per heavy atom. The van der Waals surface area contributed by atoms with Crippen molar-refractivity contribution in [3.63, 3.8) is 0 Å². The number of carboxylic acid groups (broad SMARTS) is 1. The fraction of sp³-hybridized carbons (Fsp3) is 0.500. The second-order valence-corrected chi connectivity index (χ2v) is 6.09. The van der Waals surface area contributed by atoms with Crippen LogP contribution in [-0.4, -0.2) is 29.3 Å². The molecular formula is C16H19NO4. The molecule has 5 nitrogen and oxygen atoms in total. The summed E-state index contributed by atoms with van der Waals surface area (Å²) in [4.78, 5) is 24.8. The van der Waals surface area contributed by atoms with Gasteiger partial charge in [0, 0.05) is 5.69 Å². The van der Waals surface area contributed by atoms with E-state index >= 15 is 0 Å². The van der Waals surface area contributed by atoms with Crippen LogP contribution in [0.2, 0.25) is 0 Å². The number of carbonyl (C=O) groups excluding carboxylic acids is 1. The molecule has 1 N–H and O–H groups in total. The molecule has 1 heterocycles. The Morgan fingerprint density at radius 1 is 1.29 bits per heavy atom. The Morgan fingerprint density at radius 2 is 1.90 bits per heavy atom. The molecule has 1 saturated carbocycles. The quantitative estimate of drug-likeness (QED) is 0.909. The number of ether oxygens (including phenoxy) is 1. The minimum Gasteiger partial charge on any atom is -0.481 e. The zero-order valence-corrected chi connectivity index (χ0v) is 12.0. The summed E-state index contributed by atoms with van der Waals surface area (Å²) in [5.74, 6) is -1.05. The number of anilines is 1. The minimum atomic E-state index is -0.746. The van der Waals surface area contributed by atoms with Crippen molar-refractivity contribution in [1.29, 1.82) is 0 Å². The first-order valence-corrected chi connectivity index (χ1v) is 7.29. The normalized spacial score (nSPS) is 28.7. The lowest BCUT2D eigenvalue weighted by molar-refractivity contribution is -0.144. The van der Waals surface area contributed by atoms with Crippen LogP contribution in [0.4, 0.5) is 10.5 Å². The van der Waals surface area contributed by atoms with E-state index in [1.54, 1.807) is 4.90 Å². The summed E-state index contributed by atoms with van der Waals surface area (Å²) in [6, 6.07) is 7.76. The third-order valence-corrected chi connectivity index (χ3v) is 4.56. The smallest absolute Gasteiger partial charge is 0.415 e. The minimum absolute atomic E-state index is 0.303. The Hall–Kier alpha value is -2.04. The lowest BCUT2D eigenvalue weighted by Gasteiger charge is -2.33. The van der Waals surface area contributed by atoms with Gasteiger partial charge in [-0.25, -0.2) is 4.79 Å². The van der Waals surface area contributed by atoms with Crippen molar-refractivity contribution >= 4 is 17.7 Å². The first-order chi connectivity index (χ1) is 9.99. The Bertz CT molecular complexity index is 558. The Balaban J connectivity index is 1.73. The lowest BCUT2D eigenvalue weighted by Crippen LogP contribution is -2.40. The van der Waals surface area contributed by atoms with E-state index in [0.29, 0.717) is 32.2 Å². The van der Waals surface area contributed by atoms with E-state index in [4.69, 9.17) is 9.84 Å². The van der Waals surface area contributed by atoms with Crippen molar-refractivity contribution < 1.29 is 19.4 Å². The van der Waals surface area contributed by atoms with Gasteiger partial charge in [0.2, 0.25) is 0 Å². The molecule has 1 aromatic rings. The van der Waals surface area contributed by atoms with Gasteiger partial charge in [-0.2, -0.15) is 0 Å². The molecule has 0 atom stereocenters. The highest BCUT2D eigenvalue weighted by Crippen LogP contribution is 2.40. The third kappa shape index (κ3) is 2.60. The molecule has 1 aliphatic carbocycles. The summed E-state index contributed by atoms with van der Waals surface area (Å²) in [6.45, 7) is 2.52. The molecule has 0 aromatic heterocycles. The maximum absolute atomic E-state index is 12.1. The molecule has 1 amide bonds. The van der Waals surface area contributed by atoms with Crippen molar-refractivity contribution in [3.8, 4) is 0 Å². The predicted molar refractivity (Wildman–Crippen MR) is 77.3 cm³/mol. The molecule has 3 rings (SSSR count). The summed E-state index contributed by atoms with van der Waals surface area (Å²) in [7, 11) is 0. The maximum atomic E-state index is 12.1. The number of aliphatic carboxylic acids is 1. The van der Waals surface area contributed by atoms with Gasteiger partial charge in [-0.05, 0) is 44.7 Å². The van der Waals surface area contributed by atoms with E-state index in [1.165, 1.54) is 0 Å². The summed E-state index contributed by atoms with van der Waals surface area (Å²) in [5.41, 5.74) is 1.47. The van der Waals surface area contributed by atoms with Crippen LogP contribution in [-0.2, 0) is 9.53 Å². The van der Waals surface area contributed by atoms with E-state index in [9.17, 15) is 9.59 Å². The van der Waals surface area contributed by atoms with E-state index in [-0.39, 0.29) is 12.0 Å². The van der Waals surface area contributed by atoms with Crippen molar-refractivity contribution in [2.45, 2.75) is 38.2 Å². The summed E-state index contributed by atoms with van der Waals surface area (Å²) < 4.78 is 5.61. The van der Waals surface area contributed by atoms with Gasteiger partial charge in [0.15, 0.2) is 0 Å². The number of amides is 1.